The molecule has 0 radical (unpaired) electrons. The minimum Gasteiger partial charge on any atom is -0.352 e. The first-order valence-electron chi connectivity index (χ1n) is 10.6. The maximum Gasteiger partial charge on any atom is 0.246 e. The van der Waals surface area contributed by atoms with Gasteiger partial charge >= 0.3 is 0 Å². The number of piperidine rings is 1. The molecule has 6 nitrogen and oxygen atoms in total. The summed E-state index contributed by atoms with van der Waals surface area (Å²) < 4.78 is 1.80. The van der Waals surface area contributed by atoms with Crippen LogP contribution in [0.1, 0.15) is 24.0 Å². The maximum atomic E-state index is 12.6. The largest absolute Gasteiger partial charge is 0.352 e. The SMILES string of the molecule is O=C(NCc1cnn(-c2ccccc2)c1)C1CCN(C(=O)C=Cc2ccccc2)CC1. The highest BCUT2D eigenvalue weighted by atomic mass is 16.2. The molecule has 0 saturated carbocycles. The van der Waals surface area contributed by atoms with Crippen molar-refractivity contribution in [3.05, 3.63) is 90.3 Å². The fraction of sp³-hybridized carbons (Fsp3) is 0.240. The molecule has 1 aromatic heterocycles. The highest BCUT2D eigenvalue weighted by Gasteiger charge is 2.26. The molecule has 2 heterocycles. The molecule has 1 N–H and O–H groups in total. The number of likely N-dealkylation sites (tertiary alicyclic amines) is 1. The predicted molar refractivity (Wildman–Crippen MR) is 120 cm³/mol. The summed E-state index contributed by atoms with van der Waals surface area (Å²) in [5.41, 5.74) is 2.94. The third-order valence-corrected chi connectivity index (χ3v) is 5.52. The van der Waals surface area contributed by atoms with Gasteiger partial charge in [0.25, 0.3) is 0 Å². The van der Waals surface area contributed by atoms with Crippen LogP contribution in [0.15, 0.2) is 79.1 Å². The van der Waals surface area contributed by atoms with Crippen LogP contribution in [0.4, 0.5) is 0 Å². The zero-order valence-corrected chi connectivity index (χ0v) is 17.4. The van der Waals surface area contributed by atoms with E-state index in [1.54, 1.807) is 17.0 Å². The van der Waals surface area contributed by atoms with E-state index in [4.69, 9.17) is 0 Å². The summed E-state index contributed by atoms with van der Waals surface area (Å²) in [6, 6.07) is 19.6. The predicted octanol–water partition coefficient (Wildman–Crippen LogP) is 3.44. The second-order valence-corrected chi connectivity index (χ2v) is 7.69. The van der Waals surface area contributed by atoms with E-state index in [-0.39, 0.29) is 17.7 Å². The minimum absolute atomic E-state index is 0.00367. The molecule has 1 aliphatic heterocycles. The number of carbonyl (C=O) groups is 2. The van der Waals surface area contributed by atoms with Crippen LogP contribution in [0.5, 0.6) is 0 Å². The van der Waals surface area contributed by atoms with Gasteiger partial charge in [0.05, 0.1) is 11.9 Å². The number of para-hydroxylation sites is 1. The molecular formula is C25H26N4O2. The Morgan fingerprint density at radius 2 is 1.68 bits per heavy atom. The first-order chi connectivity index (χ1) is 15.2. The first kappa shape index (κ1) is 20.6. The lowest BCUT2D eigenvalue weighted by molar-refractivity contribution is -0.132. The van der Waals surface area contributed by atoms with E-state index >= 15 is 0 Å². The standard InChI is InChI=1S/C25H26N4O2/c30-24(12-11-20-7-3-1-4-8-20)28-15-13-22(14-16-28)25(31)26-17-21-18-27-29(19-21)23-9-5-2-6-10-23/h1-12,18-19,22H,13-17H2,(H,26,31). The molecule has 6 heteroatoms. The summed E-state index contributed by atoms with van der Waals surface area (Å²) in [6.07, 6.45) is 8.50. The molecule has 0 bridgehead atoms. The molecule has 2 aromatic carbocycles. The Bertz CT molecular complexity index is 1040. The van der Waals surface area contributed by atoms with Crippen LogP contribution in [-0.4, -0.2) is 39.6 Å². The lowest BCUT2D eigenvalue weighted by atomic mass is 9.95. The highest BCUT2D eigenvalue weighted by molar-refractivity contribution is 5.92. The zero-order chi connectivity index (χ0) is 21.5. The van der Waals surface area contributed by atoms with E-state index in [1.165, 1.54) is 0 Å². The summed E-state index contributed by atoms with van der Waals surface area (Å²) in [6.45, 7) is 1.65. The molecule has 3 aromatic rings. The van der Waals surface area contributed by atoms with Crippen LogP contribution in [0.3, 0.4) is 0 Å². The second kappa shape index (κ2) is 9.89. The van der Waals surface area contributed by atoms with E-state index < -0.39 is 0 Å². The van der Waals surface area contributed by atoms with Crippen molar-refractivity contribution in [3.63, 3.8) is 0 Å². The summed E-state index contributed by atoms with van der Waals surface area (Å²) >= 11 is 0. The summed E-state index contributed by atoms with van der Waals surface area (Å²) in [7, 11) is 0. The lowest BCUT2D eigenvalue weighted by Crippen LogP contribution is -2.42. The number of hydrogen-bond donors (Lipinski definition) is 1. The maximum absolute atomic E-state index is 12.6. The molecule has 4 rings (SSSR count). The normalized spacial score (nSPS) is 14.6. The topological polar surface area (TPSA) is 67.2 Å². The van der Waals surface area contributed by atoms with Crippen LogP contribution in [0.25, 0.3) is 11.8 Å². The summed E-state index contributed by atoms with van der Waals surface area (Å²) in [5.74, 6) is -0.0262. The Morgan fingerprint density at radius 1 is 1.00 bits per heavy atom. The first-order valence-corrected chi connectivity index (χ1v) is 10.6. The van der Waals surface area contributed by atoms with Gasteiger partial charge in [0, 0.05) is 43.4 Å². The third-order valence-electron chi connectivity index (χ3n) is 5.52. The second-order valence-electron chi connectivity index (χ2n) is 7.69. The quantitative estimate of drug-likeness (QED) is 0.629. The molecule has 0 aliphatic carbocycles. The lowest BCUT2D eigenvalue weighted by Gasteiger charge is -2.30. The van der Waals surface area contributed by atoms with E-state index in [9.17, 15) is 9.59 Å². The molecule has 1 saturated heterocycles. The number of rotatable bonds is 6. The molecule has 0 spiro atoms. The Hall–Kier alpha value is -3.67. The Kier molecular flexibility index (Phi) is 6.57. The van der Waals surface area contributed by atoms with Crippen molar-refractivity contribution in [2.24, 2.45) is 5.92 Å². The van der Waals surface area contributed by atoms with Gasteiger partial charge in [0.1, 0.15) is 0 Å². The average molecular weight is 415 g/mol. The van der Waals surface area contributed by atoms with Crippen molar-refractivity contribution >= 4 is 17.9 Å². The molecule has 158 valence electrons. The van der Waals surface area contributed by atoms with Crippen LogP contribution in [-0.2, 0) is 16.1 Å². The Labute approximate surface area is 182 Å². The average Bonchev–Trinajstić information content (AvgIpc) is 3.31. The van der Waals surface area contributed by atoms with Gasteiger partial charge in [-0.25, -0.2) is 4.68 Å². The van der Waals surface area contributed by atoms with Gasteiger partial charge in [-0.05, 0) is 36.6 Å². The van der Waals surface area contributed by atoms with Gasteiger partial charge in [0.2, 0.25) is 11.8 Å². The van der Waals surface area contributed by atoms with Gasteiger partial charge in [-0.1, -0.05) is 48.5 Å². The van der Waals surface area contributed by atoms with Crippen molar-refractivity contribution in [2.45, 2.75) is 19.4 Å². The third kappa shape index (κ3) is 5.48. The number of aromatic nitrogens is 2. The summed E-state index contributed by atoms with van der Waals surface area (Å²) in [5, 5.41) is 7.37. The van der Waals surface area contributed by atoms with Crippen LogP contribution in [0.2, 0.25) is 0 Å². The molecule has 1 aliphatic rings. The highest BCUT2D eigenvalue weighted by Crippen LogP contribution is 2.18. The fourth-order valence-corrected chi connectivity index (χ4v) is 3.71. The number of nitrogens with one attached hydrogen (secondary N) is 1. The van der Waals surface area contributed by atoms with E-state index in [1.807, 2.05) is 77.8 Å². The van der Waals surface area contributed by atoms with Crippen LogP contribution < -0.4 is 5.32 Å². The number of benzene rings is 2. The monoisotopic (exact) mass is 414 g/mol. The Morgan fingerprint density at radius 3 is 2.39 bits per heavy atom. The fourth-order valence-electron chi connectivity index (χ4n) is 3.71. The Balaban J connectivity index is 1.23. The molecule has 0 atom stereocenters. The van der Waals surface area contributed by atoms with Crippen molar-refractivity contribution in [2.75, 3.05) is 13.1 Å². The van der Waals surface area contributed by atoms with Gasteiger partial charge in [-0.15, -0.1) is 0 Å². The van der Waals surface area contributed by atoms with Crippen LogP contribution >= 0.6 is 0 Å². The molecule has 31 heavy (non-hydrogen) atoms. The van der Waals surface area contributed by atoms with E-state index in [0.717, 1.165) is 16.8 Å². The van der Waals surface area contributed by atoms with E-state index in [0.29, 0.717) is 32.5 Å². The minimum atomic E-state index is -0.0636. The molecule has 2 amide bonds. The van der Waals surface area contributed by atoms with Crippen LogP contribution in [0, 0.1) is 5.92 Å². The molecule has 0 unspecified atom stereocenters. The smallest absolute Gasteiger partial charge is 0.246 e. The molecular weight excluding hydrogens is 388 g/mol. The van der Waals surface area contributed by atoms with E-state index in [2.05, 4.69) is 10.4 Å². The number of nitrogens with zero attached hydrogens (tertiary/aromatic N) is 3. The number of amides is 2. The zero-order valence-electron chi connectivity index (χ0n) is 17.4. The van der Waals surface area contributed by atoms with Gasteiger partial charge in [-0.2, -0.15) is 5.10 Å². The van der Waals surface area contributed by atoms with Gasteiger partial charge < -0.3 is 10.2 Å². The van der Waals surface area contributed by atoms with Crippen molar-refractivity contribution in [1.29, 1.82) is 0 Å². The number of hydrogen-bond acceptors (Lipinski definition) is 3. The van der Waals surface area contributed by atoms with Gasteiger partial charge in [-0.3, -0.25) is 9.59 Å². The molecule has 1 fully saturated rings. The van der Waals surface area contributed by atoms with Crippen molar-refractivity contribution in [3.8, 4) is 5.69 Å². The summed E-state index contributed by atoms with van der Waals surface area (Å²) in [4.78, 5) is 26.8. The van der Waals surface area contributed by atoms with Crippen molar-refractivity contribution < 1.29 is 9.59 Å². The van der Waals surface area contributed by atoms with Gasteiger partial charge in [0.15, 0.2) is 0 Å². The van der Waals surface area contributed by atoms with Crippen molar-refractivity contribution in [1.82, 2.24) is 20.0 Å². The number of carbonyl (C=O) groups excluding carboxylic acids is 2.